The SMILES string of the molecule is CN(C)C(=O)CC(N)c1cccc2ccccc12. The fourth-order valence-electron chi connectivity index (χ4n) is 2.05. The zero-order chi connectivity index (χ0) is 13.1. The summed E-state index contributed by atoms with van der Waals surface area (Å²) in [5.41, 5.74) is 7.18. The Morgan fingerprint density at radius 3 is 2.56 bits per heavy atom. The van der Waals surface area contributed by atoms with Crippen molar-refractivity contribution >= 4 is 16.7 Å². The summed E-state index contributed by atoms with van der Waals surface area (Å²) in [4.78, 5) is 13.3. The molecule has 0 saturated heterocycles. The maximum Gasteiger partial charge on any atom is 0.223 e. The second kappa shape index (κ2) is 5.19. The van der Waals surface area contributed by atoms with E-state index < -0.39 is 0 Å². The van der Waals surface area contributed by atoms with Gasteiger partial charge in [-0.1, -0.05) is 42.5 Å². The Bertz CT molecular complexity index is 558. The number of carbonyl (C=O) groups is 1. The highest BCUT2D eigenvalue weighted by molar-refractivity contribution is 5.87. The minimum Gasteiger partial charge on any atom is -0.349 e. The smallest absolute Gasteiger partial charge is 0.223 e. The molecule has 0 aliphatic rings. The summed E-state index contributed by atoms with van der Waals surface area (Å²) in [6, 6.07) is 13.9. The zero-order valence-electron chi connectivity index (χ0n) is 10.8. The molecule has 0 saturated carbocycles. The van der Waals surface area contributed by atoms with E-state index in [0.717, 1.165) is 16.3 Å². The van der Waals surface area contributed by atoms with Gasteiger partial charge >= 0.3 is 0 Å². The Balaban J connectivity index is 2.33. The number of nitrogens with zero attached hydrogens (tertiary/aromatic N) is 1. The molecule has 0 radical (unpaired) electrons. The van der Waals surface area contributed by atoms with Gasteiger partial charge in [-0.25, -0.2) is 0 Å². The fourth-order valence-corrected chi connectivity index (χ4v) is 2.05. The summed E-state index contributed by atoms with van der Waals surface area (Å²) >= 11 is 0. The van der Waals surface area contributed by atoms with E-state index in [2.05, 4.69) is 12.1 Å². The van der Waals surface area contributed by atoms with Gasteiger partial charge in [0.2, 0.25) is 5.91 Å². The molecule has 0 aliphatic heterocycles. The van der Waals surface area contributed by atoms with Gasteiger partial charge in [-0.3, -0.25) is 4.79 Å². The molecular weight excluding hydrogens is 224 g/mol. The molecule has 0 spiro atoms. The Kier molecular flexibility index (Phi) is 3.63. The summed E-state index contributed by atoms with van der Waals surface area (Å²) in [6.07, 6.45) is 0.334. The molecule has 0 heterocycles. The highest BCUT2D eigenvalue weighted by Gasteiger charge is 2.14. The standard InChI is InChI=1S/C15H18N2O/c1-17(2)15(18)10-14(16)13-9-5-7-11-6-3-4-8-12(11)13/h3-9,14H,10,16H2,1-2H3. The van der Waals surface area contributed by atoms with E-state index >= 15 is 0 Å². The third-order valence-corrected chi connectivity index (χ3v) is 3.12. The van der Waals surface area contributed by atoms with Gasteiger partial charge in [-0.2, -0.15) is 0 Å². The Labute approximate surface area is 107 Å². The van der Waals surface area contributed by atoms with Gasteiger partial charge in [0.1, 0.15) is 0 Å². The second-order valence-electron chi connectivity index (χ2n) is 4.67. The topological polar surface area (TPSA) is 46.3 Å². The summed E-state index contributed by atoms with van der Waals surface area (Å²) in [5, 5.41) is 2.28. The Morgan fingerprint density at radius 1 is 1.17 bits per heavy atom. The van der Waals surface area contributed by atoms with Crippen LogP contribution in [0.4, 0.5) is 0 Å². The van der Waals surface area contributed by atoms with Crippen LogP contribution in [0.5, 0.6) is 0 Å². The fraction of sp³-hybridized carbons (Fsp3) is 0.267. The number of carbonyl (C=O) groups excluding carboxylic acids is 1. The average Bonchev–Trinajstić information content (AvgIpc) is 2.37. The largest absolute Gasteiger partial charge is 0.349 e. The third-order valence-electron chi connectivity index (χ3n) is 3.12. The highest BCUT2D eigenvalue weighted by Crippen LogP contribution is 2.24. The molecule has 0 bridgehead atoms. The van der Waals surface area contributed by atoms with Crippen molar-refractivity contribution in [2.45, 2.75) is 12.5 Å². The van der Waals surface area contributed by atoms with E-state index in [0.29, 0.717) is 6.42 Å². The van der Waals surface area contributed by atoms with Crippen molar-refractivity contribution in [3.8, 4) is 0 Å². The molecule has 1 atom stereocenters. The van der Waals surface area contributed by atoms with Crippen molar-refractivity contribution in [1.29, 1.82) is 0 Å². The normalized spacial score (nSPS) is 12.4. The van der Waals surface area contributed by atoms with Crippen LogP contribution in [0.1, 0.15) is 18.0 Å². The predicted molar refractivity (Wildman–Crippen MR) is 74.2 cm³/mol. The summed E-state index contributed by atoms with van der Waals surface area (Å²) in [5.74, 6) is 0.0513. The number of hydrogen-bond donors (Lipinski definition) is 1. The second-order valence-corrected chi connectivity index (χ2v) is 4.67. The Hall–Kier alpha value is -1.87. The van der Waals surface area contributed by atoms with Crippen LogP contribution in [-0.4, -0.2) is 24.9 Å². The van der Waals surface area contributed by atoms with Gasteiger partial charge in [0.25, 0.3) is 0 Å². The quantitative estimate of drug-likeness (QED) is 0.897. The first kappa shape index (κ1) is 12.6. The van der Waals surface area contributed by atoms with Crippen LogP contribution >= 0.6 is 0 Å². The van der Waals surface area contributed by atoms with Gasteiger partial charge in [0, 0.05) is 26.6 Å². The van der Waals surface area contributed by atoms with Crippen molar-refractivity contribution in [3.05, 3.63) is 48.0 Å². The molecule has 1 unspecified atom stereocenters. The van der Waals surface area contributed by atoms with Crippen LogP contribution in [-0.2, 0) is 4.79 Å². The minimum atomic E-state index is -0.258. The molecule has 0 aliphatic carbocycles. The van der Waals surface area contributed by atoms with Crippen molar-refractivity contribution in [2.24, 2.45) is 5.73 Å². The lowest BCUT2D eigenvalue weighted by molar-refractivity contribution is -0.129. The van der Waals surface area contributed by atoms with Gasteiger partial charge in [0.05, 0.1) is 0 Å². The number of nitrogens with two attached hydrogens (primary N) is 1. The first-order chi connectivity index (χ1) is 8.59. The van der Waals surface area contributed by atoms with E-state index in [1.807, 2.05) is 30.3 Å². The van der Waals surface area contributed by atoms with Crippen LogP contribution in [0.15, 0.2) is 42.5 Å². The van der Waals surface area contributed by atoms with E-state index in [4.69, 9.17) is 5.73 Å². The van der Waals surface area contributed by atoms with Crippen LogP contribution in [0.2, 0.25) is 0 Å². The first-order valence-corrected chi connectivity index (χ1v) is 6.03. The van der Waals surface area contributed by atoms with Crippen molar-refractivity contribution in [2.75, 3.05) is 14.1 Å². The summed E-state index contributed by atoms with van der Waals surface area (Å²) in [6.45, 7) is 0. The van der Waals surface area contributed by atoms with Crippen molar-refractivity contribution in [1.82, 2.24) is 4.90 Å². The van der Waals surface area contributed by atoms with E-state index in [1.54, 1.807) is 19.0 Å². The number of benzene rings is 2. The number of rotatable bonds is 3. The lowest BCUT2D eigenvalue weighted by atomic mass is 9.97. The van der Waals surface area contributed by atoms with Crippen LogP contribution < -0.4 is 5.73 Å². The first-order valence-electron chi connectivity index (χ1n) is 6.03. The number of fused-ring (bicyclic) bond motifs is 1. The van der Waals surface area contributed by atoms with Crippen LogP contribution in [0, 0.1) is 0 Å². The summed E-state index contributed by atoms with van der Waals surface area (Å²) < 4.78 is 0. The van der Waals surface area contributed by atoms with E-state index in [9.17, 15) is 4.79 Å². The van der Waals surface area contributed by atoms with Gasteiger partial charge in [-0.15, -0.1) is 0 Å². The van der Waals surface area contributed by atoms with Gasteiger partial charge in [-0.05, 0) is 16.3 Å². The van der Waals surface area contributed by atoms with E-state index in [1.165, 1.54) is 0 Å². The molecule has 1 amide bonds. The maximum atomic E-state index is 11.7. The molecule has 94 valence electrons. The van der Waals surface area contributed by atoms with E-state index in [-0.39, 0.29) is 11.9 Å². The highest BCUT2D eigenvalue weighted by atomic mass is 16.2. The number of amides is 1. The van der Waals surface area contributed by atoms with Gasteiger partial charge < -0.3 is 10.6 Å². The molecule has 18 heavy (non-hydrogen) atoms. The van der Waals surface area contributed by atoms with Crippen LogP contribution in [0.25, 0.3) is 10.8 Å². The predicted octanol–water partition coefficient (Wildman–Crippen LogP) is 2.32. The molecule has 2 N–H and O–H groups in total. The summed E-state index contributed by atoms with van der Waals surface area (Å²) in [7, 11) is 3.50. The Morgan fingerprint density at radius 2 is 1.83 bits per heavy atom. The zero-order valence-corrected chi connectivity index (χ0v) is 10.8. The molecule has 0 fully saturated rings. The molecule has 2 aromatic carbocycles. The molecule has 3 heteroatoms. The lowest BCUT2D eigenvalue weighted by Gasteiger charge is -2.17. The molecule has 2 aromatic rings. The van der Waals surface area contributed by atoms with Crippen LogP contribution in [0.3, 0.4) is 0 Å². The average molecular weight is 242 g/mol. The molecular formula is C15H18N2O. The molecule has 2 rings (SSSR count). The third kappa shape index (κ3) is 2.51. The minimum absolute atomic E-state index is 0.0513. The van der Waals surface area contributed by atoms with Gasteiger partial charge in [0.15, 0.2) is 0 Å². The molecule has 3 nitrogen and oxygen atoms in total. The maximum absolute atomic E-state index is 11.7. The lowest BCUT2D eigenvalue weighted by Crippen LogP contribution is -2.26. The molecule has 0 aromatic heterocycles. The van der Waals surface area contributed by atoms with Crippen molar-refractivity contribution in [3.63, 3.8) is 0 Å². The number of hydrogen-bond acceptors (Lipinski definition) is 2. The van der Waals surface area contributed by atoms with Crippen molar-refractivity contribution < 1.29 is 4.79 Å². The monoisotopic (exact) mass is 242 g/mol.